The third kappa shape index (κ3) is 9.39. The lowest BCUT2D eigenvalue weighted by Crippen LogP contribution is -2.65. The Balaban J connectivity index is 1.53. The maximum absolute atomic E-state index is 13.6. The first-order valence-corrected chi connectivity index (χ1v) is 23.4. The maximum Gasteiger partial charge on any atom is 0.413 e. The molecule has 0 aliphatic carbocycles. The van der Waals surface area contributed by atoms with Crippen LogP contribution in [0, 0.1) is 5.41 Å². The van der Waals surface area contributed by atoms with E-state index in [4.69, 9.17) is 32.2 Å². The summed E-state index contributed by atoms with van der Waals surface area (Å²) in [5, 5.41) is 1.92. The van der Waals surface area contributed by atoms with Crippen LogP contribution in [-0.4, -0.2) is 70.2 Å². The van der Waals surface area contributed by atoms with E-state index in [2.05, 4.69) is 93.4 Å². The summed E-state index contributed by atoms with van der Waals surface area (Å²) in [6.45, 7) is 31.1. The highest BCUT2D eigenvalue weighted by Crippen LogP contribution is 2.56. The molecule has 2 saturated heterocycles. The zero-order valence-corrected chi connectivity index (χ0v) is 37.6. The predicted octanol–water partition coefficient (Wildman–Crippen LogP) is 8.83. The van der Waals surface area contributed by atoms with E-state index in [1.54, 1.807) is 20.8 Å². The maximum atomic E-state index is 13.6. The Morgan fingerprint density at radius 1 is 0.927 bits per heavy atom. The highest BCUT2D eigenvalue weighted by Gasteiger charge is 2.65. The number of benzene rings is 1. The fourth-order valence-electron chi connectivity index (χ4n) is 8.33. The molecule has 0 saturated carbocycles. The Morgan fingerprint density at radius 2 is 1.53 bits per heavy atom. The number of nitrogens with zero attached hydrogens (tertiary/aromatic N) is 2. The number of fused-ring (bicyclic) bond motifs is 1. The van der Waals surface area contributed by atoms with Crippen molar-refractivity contribution < 1.29 is 41.8 Å². The molecular weight excluding hydrogens is 739 g/mol. The average molecular weight is 804 g/mol. The van der Waals surface area contributed by atoms with Crippen molar-refractivity contribution in [3.8, 4) is 5.75 Å². The van der Waals surface area contributed by atoms with Crippen LogP contribution in [0.15, 0.2) is 41.3 Å². The van der Waals surface area contributed by atoms with Gasteiger partial charge < -0.3 is 32.2 Å². The number of hydrogen-bond acceptors (Lipinski definition) is 11. The molecule has 3 heterocycles. The molecule has 2 aliphatic heterocycles. The summed E-state index contributed by atoms with van der Waals surface area (Å²) in [5.41, 5.74) is 0.412. The molecule has 0 unspecified atom stereocenters. The molecule has 1 amide bonds. The minimum absolute atomic E-state index is 0.0000876. The van der Waals surface area contributed by atoms with Crippen LogP contribution in [0.4, 0.5) is 10.6 Å². The molecule has 2 aliphatic rings. The fraction of sp³-hybridized carbons (Fsp3) is 0.700. The first kappa shape index (κ1) is 44.6. The summed E-state index contributed by atoms with van der Waals surface area (Å²) >= 11 is 0. The van der Waals surface area contributed by atoms with Gasteiger partial charge in [-0.3, -0.25) is 14.7 Å². The van der Waals surface area contributed by atoms with Gasteiger partial charge in [-0.2, -0.15) is 4.98 Å². The van der Waals surface area contributed by atoms with Crippen molar-refractivity contribution in [3.05, 3.63) is 52.6 Å². The van der Waals surface area contributed by atoms with Gasteiger partial charge in [-0.15, -0.1) is 0 Å². The van der Waals surface area contributed by atoms with Crippen molar-refractivity contribution >= 4 is 34.8 Å². The van der Waals surface area contributed by atoms with E-state index >= 15 is 0 Å². The van der Waals surface area contributed by atoms with E-state index in [1.807, 2.05) is 24.3 Å². The van der Waals surface area contributed by atoms with Gasteiger partial charge in [-0.1, -0.05) is 101 Å². The molecule has 55 heavy (non-hydrogen) atoms. The SMILES string of the molecule is CC(C)[Si](Oc1ccccc1COC(=O)Nc1ccn([C@@H]2O[C@@H]3CO[Si](C(C)(C)C)(C(C)(C)C)O[C@H]3[C@H]2OCOC(=O)C(C)(C)C)c(=O)n1)(C(C)C)C(C)C. The van der Waals surface area contributed by atoms with Crippen molar-refractivity contribution in [3.63, 3.8) is 0 Å². The molecule has 13 nitrogen and oxygen atoms in total. The van der Waals surface area contributed by atoms with Gasteiger partial charge in [-0.05, 0) is 49.5 Å². The number of amides is 1. The van der Waals surface area contributed by atoms with Crippen LogP contribution in [-0.2, 0) is 39.2 Å². The van der Waals surface area contributed by atoms with Crippen molar-refractivity contribution in [2.75, 3.05) is 18.7 Å². The summed E-state index contributed by atoms with van der Waals surface area (Å²) in [4.78, 5) is 43.4. The van der Waals surface area contributed by atoms with Gasteiger partial charge in [0.15, 0.2) is 13.0 Å². The van der Waals surface area contributed by atoms with E-state index in [-0.39, 0.29) is 35.9 Å². The molecule has 15 heteroatoms. The summed E-state index contributed by atoms with van der Waals surface area (Å²) in [6, 6.07) is 9.09. The number of anilines is 1. The van der Waals surface area contributed by atoms with Crippen LogP contribution in [0.1, 0.15) is 116 Å². The number of nitrogens with one attached hydrogen (secondary N) is 1. The first-order chi connectivity index (χ1) is 25.4. The fourth-order valence-corrected chi connectivity index (χ4v) is 18.6. The number of aromatic nitrogens is 2. The number of carbonyl (C=O) groups is 2. The molecule has 0 radical (unpaired) electrons. The standard InChI is InChI=1S/C40H65N3O10Si2/c1-25(2)54(26(3)4,27(5)6)52-29-19-17-16-18-28(29)22-47-37(46)42-31-20-21-43(36(45)41-31)34-33(48-24-49-35(44)38(7,8)9)32-30(51-34)23-50-55(53-32,39(10,11)12)40(13,14)15/h16-21,25-27,30,32-34H,22-24H2,1-15H3,(H,41,42,45,46)/t30-,32-,33-,34-/m1/s1. The Labute approximate surface area is 329 Å². The smallest absolute Gasteiger partial charge is 0.413 e. The number of ether oxygens (including phenoxy) is 4. The topological polar surface area (TPSA) is 146 Å². The van der Waals surface area contributed by atoms with Gasteiger partial charge in [-0.25, -0.2) is 9.59 Å². The molecule has 1 aromatic heterocycles. The monoisotopic (exact) mass is 803 g/mol. The lowest BCUT2D eigenvalue weighted by Gasteiger charge is -2.53. The van der Waals surface area contributed by atoms with Crippen LogP contribution >= 0.6 is 0 Å². The second kappa shape index (κ2) is 16.8. The molecule has 2 fully saturated rings. The van der Waals surface area contributed by atoms with E-state index in [9.17, 15) is 14.4 Å². The van der Waals surface area contributed by atoms with Crippen molar-refractivity contribution in [1.29, 1.82) is 0 Å². The van der Waals surface area contributed by atoms with Crippen molar-refractivity contribution in [1.82, 2.24) is 9.55 Å². The minimum atomic E-state index is -2.98. The van der Waals surface area contributed by atoms with E-state index < -0.39 is 64.6 Å². The second-order valence-corrected chi connectivity index (χ2v) is 28.9. The lowest BCUT2D eigenvalue weighted by molar-refractivity contribution is -0.179. The Kier molecular flexibility index (Phi) is 13.6. The zero-order chi connectivity index (χ0) is 41.3. The highest BCUT2D eigenvalue weighted by atomic mass is 28.4. The van der Waals surface area contributed by atoms with Crippen LogP contribution in [0.3, 0.4) is 0 Å². The third-order valence-corrected chi connectivity index (χ3v) is 21.8. The van der Waals surface area contributed by atoms with Gasteiger partial charge in [0.1, 0.15) is 36.5 Å². The lowest BCUT2D eigenvalue weighted by atomic mass is 9.98. The van der Waals surface area contributed by atoms with Crippen LogP contribution in [0.2, 0.25) is 26.7 Å². The largest absolute Gasteiger partial charge is 0.542 e. The molecular formula is C40H65N3O10Si2. The number of rotatable bonds is 12. The quantitative estimate of drug-likeness (QED) is 0.125. The molecule has 1 N–H and O–H groups in total. The zero-order valence-electron chi connectivity index (χ0n) is 35.6. The first-order valence-electron chi connectivity index (χ1n) is 19.4. The second-order valence-electron chi connectivity index (χ2n) is 18.7. The Hall–Kier alpha value is -3.09. The summed E-state index contributed by atoms with van der Waals surface area (Å²) < 4.78 is 45.5. The number of para-hydroxylation sites is 1. The normalized spacial score (nSPS) is 21.8. The molecule has 308 valence electrons. The molecule has 1 aromatic carbocycles. The van der Waals surface area contributed by atoms with Crippen molar-refractivity contribution in [2.24, 2.45) is 5.41 Å². The van der Waals surface area contributed by atoms with Gasteiger partial charge in [0.25, 0.3) is 8.32 Å². The average Bonchev–Trinajstić information content (AvgIpc) is 3.41. The van der Waals surface area contributed by atoms with E-state index in [1.165, 1.54) is 16.8 Å². The van der Waals surface area contributed by atoms with Gasteiger partial charge in [0.05, 0.1) is 12.0 Å². The van der Waals surface area contributed by atoms with Gasteiger partial charge in [0, 0.05) is 21.8 Å². The minimum Gasteiger partial charge on any atom is -0.542 e. The number of esters is 1. The molecule has 4 atom stereocenters. The molecule has 2 aromatic rings. The Morgan fingerprint density at radius 3 is 2.07 bits per heavy atom. The van der Waals surface area contributed by atoms with E-state index in [0.29, 0.717) is 22.4 Å². The van der Waals surface area contributed by atoms with Crippen LogP contribution in [0.5, 0.6) is 5.75 Å². The third-order valence-electron chi connectivity index (χ3n) is 10.7. The molecule has 4 rings (SSSR count). The summed E-state index contributed by atoms with van der Waals surface area (Å²) in [7, 11) is -5.23. The van der Waals surface area contributed by atoms with Gasteiger partial charge >= 0.3 is 26.3 Å². The van der Waals surface area contributed by atoms with Crippen LogP contribution in [0.25, 0.3) is 0 Å². The van der Waals surface area contributed by atoms with Crippen molar-refractivity contribution in [2.45, 2.75) is 162 Å². The predicted molar refractivity (Wildman–Crippen MR) is 216 cm³/mol. The molecule has 0 bridgehead atoms. The van der Waals surface area contributed by atoms with E-state index in [0.717, 1.165) is 5.56 Å². The Bertz CT molecular complexity index is 1670. The van der Waals surface area contributed by atoms with Gasteiger partial charge in [0.2, 0.25) is 0 Å². The number of carbonyl (C=O) groups excluding carboxylic acids is 2. The molecule has 0 spiro atoms. The summed E-state index contributed by atoms with van der Waals surface area (Å²) in [5.74, 6) is 0.273. The summed E-state index contributed by atoms with van der Waals surface area (Å²) in [6.07, 6.45) is -2.35. The highest BCUT2D eigenvalue weighted by molar-refractivity contribution is 6.78. The van der Waals surface area contributed by atoms with Crippen LogP contribution < -0.4 is 15.4 Å². The number of hydrogen-bond donors (Lipinski definition) is 1.